The van der Waals surface area contributed by atoms with E-state index in [2.05, 4.69) is 0 Å². The third-order valence-corrected chi connectivity index (χ3v) is 3.12. The van der Waals surface area contributed by atoms with E-state index < -0.39 is 12.0 Å². The van der Waals surface area contributed by atoms with Gasteiger partial charge in [0.1, 0.15) is 6.04 Å². The first-order valence-electron chi connectivity index (χ1n) is 5.98. The number of carboxylic acids is 1. The Hall–Kier alpha value is -1.88. The maximum atomic E-state index is 12.1. The minimum atomic E-state index is -0.965. The van der Waals surface area contributed by atoms with Crippen LogP contribution in [0.5, 0.6) is 0 Å². The number of rotatable bonds is 4. The van der Waals surface area contributed by atoms with Gasteiger partial charge in [0, 0.05) is 18.5 Å². The summed E-state index contributed by atoms with van der Waals surface area (Å²) < 4.78 is 0. The van der Waals surface area contributed by atoms with E-state index in [-0.39, 0.29) is 12.3 Å². The third kappa shape index (κ3) is 2.22. The Balaban J connectivity index is 2.28. The monoisotopic (exact) mass is 248 g/mol. The zero-order chi connectivity index (χ0) is 13.1. The van der Waals surface area contributed by atoms with Crippen molar-refractivity contribution in [2.45, 2.75) is 25.3 Å². The van der Waals surface area contributed by atoms with E-state index in [1.807, 2.05) is 18.2 Å². The predicted molar refractivity (Wildman–Crippen MR) is 67.3 cm³/mol. The highest BCUT2D eigenvalue weighted by molar-refractivity contribution is 6.01. The molecule has 1 aliphatic rings. The molecular formula is C13H16N2O3. The molecule has 3 N–H and O–H groups in total. The minimum absolute atomic E-state index is 0.169. The SMILES string of the molecule is NCCCC(=O)N1c2ccccc2CC1C(=O)O. The highest BCUT2D eigenvalue weighted by atomic mass is 16.4. The second-order valence-corrected chi connectivity index (χ2v) is 4.34. The van der Waals surface area contributed by atoms with E-state index in [1.165, 1.54) is 4.90 Å². The van der Waals surface area contributed by atoms with E-state index in [1.54, 1.807) is 6.07 Å². The van der Waals surface area contributed by atoms with Crippen molar-refractivity contribution < 1.29 is 14.7 Å². The number of hydrogen-bond donors (Lipinski definition) is 2. The van der Waals surface area contributed by atoms with Crippen LogP contribution in [0, 0.1) is 0 Å². The van der Waals surface area contributed by atoms with Crippen LogP contribution < -0.4 is 10.6 Å². The van der Waals surface area contributed by atoms with Crippen molar-refractivity contribution in [1.29, 1.82) is 0 Å². The summed E-state index contributed by atoms with van der Waals surface area (Å²) in [6.45, 7) is 0.430. The van der Waals surface area contributed by atoms with Gasteiger partial charge in [-0.15, -0.1) is 0 Å². The highest BCUT2D eigenvalue weighted by Crippen LogP contribution is 2.32. The molecule has 1 amide bonds. The number of nitrogens with zero attached hydrogens (tertiary/aromatic N) is 1. The summed E-state index contributed by atoms with van der Waals surface area (Å²) in [5.41, 5.74) is 7.00. The Labute approximate surface area is 105 Å². The van der Waals surface area contributed by atoms with E-state index in [0.29, 0.717) is 25.1 Å². The molecular weight excluding hydrogens is 232 g/mol. The molecule has 1 atom stereocenters. The second kappa shape index (κ2) is 5.18. The molecule has 0 aliphatic carbocycles. The molecule has 0 radical (unpaired) electrons. The third-order valence-electron chi connectivity index (χ3n) is 3.12. The van der Waals surface area contributed by atoms with Crippen molar-refractivity contribution in [3.8, 4) is 0 Å². The molecule has 0 aromatic heterocycles. The smallest absolute Gasteiger partial charge is 0.327 e. The van der Waals surface area contributed by atoms with Crippen LogP contribution in [-0.4, -0.2) is 29.6 Å². The van der Waals surface area contributed by atoms with Gasteiger partial charge in [0.15, 0.2) is 0 Å². The summed E-state index contributed by atoms with van der Waals surface area (Å²) in [5, 5.41) is 9.21. The number of fused-ring (bicyclic) bond motifs is 1. The molecule has 1 aromatic rings. The van der Waals surface area contributed by atoms with Crippen molar-refractivity contribution in [2.24, 2.45) is 5.73 Å². The van der Waals surface area contributed by atoms with Gasteiger partial charge < -0.3 is 10.8 Å². The zero-order valence-electron chi connectivity index (χ0n) is 10.0. The molecule has 5 nitrogen and oxygen atoms in total. The van der Waals surface area contributed by atoms with Crippen LogP contribution in [0.2, 0.25) is 0 Å². The highest BCUT2D eigenvalue weighted by Gasteiger charge is 2.37. The van der Waals surface area contributed by atoms with Crippen LogP contribution in [0.15, 0.2) is 24.3 Å². The first-order valence-corrected chi connectivity index (χ1v) is 5.98. The van der Waals surface area contributed by atoms with Gasteiger partial charge in [-0.1, -0.05) is 18.2 Å². The van der Waals surface area contributed by atoms with Crippen LogP contribution in [-0.2, 0) is 16.0 Å². The number of anilines is 1. The normalized spacial score (nSPS) is 17.6. The van der Waals surface area contributed by atoms with Crippen molar-refractivity contribution in [3.05, 3.63) is 29.8 Å². The Kier molecular flexibility index (Phi) is 3.62. The first-order chi connectivity index (χ1) is 8.65. The van der Waals surface area contributed by atoms with E-state index in [0.717, 1.165) is 5.56 Å². The van der Waals surface area contributed by atoms with E-state index in [4.69, 9.17) is 5.73 Å². The summed E-state index contributed by atoms with van der Waals surface area (Å²) in [6.07, 6.45) is 1.23. The average Bonchev–Trinajstić information content (AvgIpc) is 2.75. The van der Waals surface area contributed by atoms with Crippen LogP contribution in [0.1, 0.15) is 18.4 Å². The zero-order valence-corrected chi connectivity index (χ0v) is 10.0. The molecule has 0 fully saturated rings. The number of aliphatic carboxylic acids is 1. The van der Waals surface area contributed by atoms with Crippen LogP contribution in [0.3, 0.4) is 0 Å². The maximum absolute atomic E-state index is 12.1. The molecule has 0 bridgehead atoms. The molecule has 2 rings (SSSR count). The molecule has 0 saturated heterocycles. The fraction of sp³-hybridized carbons (Fsp3) is 0.385. The molecule has 5 heteroatoms. The fourth-order valence-corrected chi connectivity index (χ4v) is 2.27. The number of carboxylic acid groups (broad SMARTS) is 1. The number of hydrogen-bond acceptors (Lipinski definition) is 3. The minimum Gasteiger partial charge on any atom is -0.480 e. The molecule has 0 saturated carbocycles. The second-order valence-electron chi connectivity index (χ2n) is 4.34. The lowest BCUT2D eigenvalue weighted by molar-refractivity contribution is -0.139. The summed E-state index contributed by atoms with van der Waals surface area (Å²) in [5.74, 6) is -1.13. The van der Waals surface area contributed by atoms with Crippen molar-refractivity contribution in [3.63, 3.8) is 0 Å². The Morgan fingerprint density at radius 3 is 2.78 bits per heavy atom. The van der Waals surface area contributed by atoms with Crippen LogP contribution in [0.25, 0.3) is 0 Å². The van der Waals surface area contributed by atoms with Gasteiger partial charge >= 0.3 is 5.97 Å². The fourth-order valence-electron chi connectivity index (χ4n) is 2.27. The summed E-state index contributed by atoms with van der Waals surface area (Å²) in [6, 6.07) is 6.53. The molecule has 1 aliphatic heterocycles. The van der Waals surface area contributed by atoms with E-state index >= 15 is 0 Å². The Bertz CT molecular complexity index is 473. The summed E-state index contributed by atoms with van der Waals surface area (Å²) >= 11 is 0. The lowest BCUT2D eigenvalue weighted by Crippen LogP contribution is -2.42. The Morgan fingerprint density at radius 2 is 2.11 bits per heavy atom. The summed E-state index contributed by atoms with van der Waals surface area (Å²) in [7, 11) is 0. The number of carbonyl (C=O) groups is 2. The number of para-hydroxylation sites is 1. The molecule has 96 valence electrons. The Morgan fingerprint density at radius 1 is 1.39 bits per heavy atom. The largest absolute Gasteiger partial charge is 0.480 e. The van der Waals surface area contributed by atoms with Crippen LogP contribution in [0.4, 0.5) is 5.69 Å². The maximum Gasteiger partial charge on any atom is 0.327 e. The first kappa shape index (κ1) is 12.6. The van der Waals surface area contributed by atoms with Gasteiger partial charge in [0.2, 0.25) is 5.91 Å². The topological polar surface area (TPSA) is 83.6 Å². The lowest BCUT2D eigenvalue weighted by atomic mass is 10.1. The van der Waals surface area contributed by atoms with Crippen LogP contribution >= 0.6 is 0 Å². The van der Waals surface area contributed by atoms with Gasteiger partial charge in [-0.2, -0.15) is 0 Å². The van der Waals surface area contributed by atoms with Crippen molar-refractivity contribution >= 4 is 17.6 Å². The van der Waals surface area contributed by atoms with Crippen molar-refractivity contribution in [2.75, 3.05) is 11.4 Å². The van der Waals surface area contributed by atoms with Gasteiger partial charge in [-0.05, 0) is 24.6 Å². The quantitative estimate of drug-likeness (QED) is 0.824. The molecule has 1 aromatic carbocycles. The average molecular weight is 248 g/mol. The van der Waals surface area contributed by atoms with Gasteiger partial charge in [0.05, 0.1) is 0 Å². The standard InChI is InChI=1S/C13H16N2O3/c14-7-3-6-12(16)15-10-5-2-1-4-9(10)8-11(15)13(17)18/h1-2,4-5,11H,3,6-8,14H2,(H,17,18). The molecule has 18 heavy (non-hydrogen) atoms. The van der Waals surface area contributed by atoms with E-state index in [9.17, 15) is 14.7 Å². The molecule has 1 heterocycles. The number of benzene rings is 1. The number of nitrogens with two attached hydrogens (primary N) is 1. The van der Waals surface area contributed by atoms with Crippen molar-refractivity contribution in [1.82, 2.24) is 0 Å². The van der Waals surface area contributed by atoms with Gasteiger partial charge in [0.25, 0.3) is 0 Å². The summed E-state index contributed by atoms with van der Waals surface area (Å²) in [4.78, 5) is 24.7. The lowest BCUT2D eigenvalue weighted by Gasteiger charge is -2.22. The number of carbonyl (C=O) groups excluding carboxylic acids is 1. The molecule has 0 spiro atoms. The van der Waals surface area contributed by atoms with Gasteiger partial charge in [-0.25, -0.2) is 4.79 Å². The van der Waals surface area contributed by atoms with Gasteiger partial charge in [-0.3, -0.25) is 9.69 Å². The molecule has 1 unspecified atom stereocenters. The predicted octanol–water partition coefficient (Wildman–Crippen LogP) is 0.768. The number of amides is 1.